The summed E-state index contributed by atoms with van der Waals surface area (Å²) in [6.45, 7) is 0.338. The summed E-state index contributed by atoms with van der Waals surface area (Å²) in [6.07, 6.45) is 3.27. The largest absolute Gasteiger partial charge is 0.346 e. The number of halogens is 1. The molecular weight excluding hydrogens is 372 g/mol. The molecule has 138 valence electrons. The second-order valence-electron chi connectivity index (χ2n) is 6.14. The van der Waals surface area contributed by atoms with Gasteiger partial charge in [-0.2, -0.15) is 5.10 Å². The van der Waals surface area contributed by atoms with Gasteiger partial charge in [-0.25, -0.2) is 4.68 Å². The van der Waals surface area contributed by atoms with Gasteiger partial charge in [0.15, 0.2) is 0 Å². The van der Waals surface area contributed by atoms with Crippen LogP contribution in [0.2, 0.25) is 5.02 Å². The van der Waals surface area contributed by atoms with Gasteiger partial charge >= 0.3 is 0 Å². The van der Waals surface area contributed by atoms with Crippen LogP contribution in [-0.4, -0.2) is 20.7 Å². The second kappa shape index (κ2) is 8.06. The van der Waals surface area contributed by atoms with E-state index in [1.54, 1.807) is 23.1 Å². The molecule has 0 unspecified atom stereocenters. The molecule has 0 aliphatic rings. The summed E-state index contributed by atoms with van der Waals surface area (Å²) in [5.41, 5.74) is 3.54. The van der Waals surface area contributed by atoms with Gasteiger partial charge in [-0.1, -0.05) is 60.1 Å². The van der Waals surface area contributed by atoms with Crippen LogP contribution in [0.4, 0.5) is 0 Å². The fourth-order valence-corrected chi connectivity index (χ4v) is 3.18. The monoisotopic (exact) mass is 388 g/mol. The van der Waals surface area contributed by atoms with Crippen LogP contribution in [-0.2, 0) is 6.54 Å². The van der Waals surface area contributed by atoms with Gasteiger partial charge in [-0.15, -0.1) is 0 Å². The lowest BCUT2D eigenvalue weighted by atomic mass is 10.1. The van der Waals surface area contributed by atoms with Crippen LogP contribution in [0.5, 0.6) is 0 Å². The van der Waals surface area contributed by atoms with Gasteiger partial charge in [0, 0.05) is 11.8 Å². The summed E-state index contributed by atoms with van der Waals surface area (Å²) in [4.78, 5) is 17.2. The van der Waals surface area contributed by atoms with Crippen molar-refractivity contribution in [3.8, 4) is 16.9 Å². The molecule has 2 aromatic heterocycles. The first kappa shape index (κ1) is 17.9. The molecule has 6 heteroatoms. The van der Waals surface area contributed by atoms with E-state index in [1.807, 2.05) is 66.7 Å². The SMILES string of the molecule is O=C(NCc1ccccn1)c1cnn(-c2ccccc2Cl)c1-c1ccccc1. The number of hydrogen-bond donors (Lipinski definition) is 1. The molecule has 5 nitrogen and oxygen atoms in total. The van der Waals surface area contributed by atoms with Crippen molar-refractivity contribution in [1.29, 1.82) is 0 Å². The molecule has 1 amide bonds. The average molecular weight is 389 g/mol. The molecule has 0 bridgehead atoms. The molecule has 4 rings (SSSR count). The Balaban J connectivity index is 1.73. The third kappa shape index (κ3) is 3.66. The Morgan fingerprint density at radius 3 is 2.46 bits per heavy atom. The Labute approximate surface area is 167 Å². The van der Waals surface area contributed by atoms with Crippen LogP contribution in [0.3, 0.4) is 0 Å². The van der Waals surface area contributed by atoms with Gasteiger partial charge in [0.25, 0.3) is 5.91 Å². The van der Waals surface area contributed by atoms with Gasteiger partial charge in [-0.3, -0.25) is 9.78 Å². The molecule has 2 aromatic carbocycles. The van der Waals surface area contributed by atoms with Crippen LogP contribution in [0, 0.1) is 0 Å². The first-order valence-electron chi connectivity index (χ1n) is 8.80. The lowest BCUT2D eigenvalue weighted by Crippen LogP contribution is -2.23. The number of benzene rings is 2. The molecule has 0 aliphatic carbocycles. The molecule has 1 N–H and O–H groups in total. The standard InChI is InChI=1S/C22H17ClN4O/c23-19-11-4-5-12-20(19)27-21(16-8-2-1-3-9-16)18(15-26-27)22(28)25-14-17-10-6-7-13-24-17/h1-13,15H,14H2,(H,25,28). The number of para-hydroxylation sites is 1. The average Bonchev–Trinajstić information content (AvgIpc) is 3.19. The molecule has 0 fully saturated rings. The van der Waals surface area contributed by atoms with E-state index in [-0.39, 0.29) is 5.91 Å². The van der Waals surface area contributed by atoms with Crippen molar-refractivity contribution in [2.75, 3.05) is 0 Å². The highest BCUT2D eigenvalue weighted by Crippen LogP contribution is 2.29. The Bertz CT molecular complexity index is 1090. The summed E-state index contributed by atoms with van der Waals surface area (Å²) in [5, 5.41) is 7.93. The van der Waals surface area contributed by atoms with E-state index in [1.165, 1.54) is 0 Å². The van der Waals surface area contributed by atoms with E-state index in [2.05, 4.69) is 15.4 Å². The Kier molecular flexibility index (Phi) is 5.17. The van der Waals surface area contributed by atoms with Gasteiger partial charge in [-0.05, 0) is 24.3 Å². The van der Waals surface area contributed by atoms with Crippen molar-refractivity contribution in [3.05, 3.63) is 101 Å². The second-order valence-corrected chi connectivity index (χ2v) is 6.55. The zero-order valence-electron chi connectivity index (χ0n) is 14.9. The Morgan fingerprint density at radius 1 is 0.964 bits per heavy atom. The lowest BCUT2D eigenvalue weighted by Gasteiger charge is -2.11. The molecule has 0 saturated heterocycles. The quantitative estimate of drug-likeness (QED) is 0.547. The molecular formula is C22H17ClN4O. The van der Waals surface area contributed by atoms with Crippen molar-refractivity contribution >= 4 is 17.5 Å². The third-order valence-electron chi connectivity index (χ3n) is 4.30. The van der Waals surface area contributed by atoms with Crippen molar-refractivity contribution in [2.24, 2.45) is 0 Å². The molecule has 0 radical (unpaired) electrons. The predicted molar refractivity (Wildman–Crippen MR) is 109 cm³/mol. The maximum absolute atomic E-state index is 12.9. The Morgan fingerprint density at radius 2 is 1.71 bits per heavy atom. The van der Waals surface area contributed by atoms with E-state index in [0.29, 0.717) is 28.5 Å². The van der Waals surface area contributed by atoms with Gasteiger partial charge in [0.2, 0.25) is 0 Å². The van der Waals surface area contributed by atoms with Crippen molar-refractivity contribution in [2.45, 2.75) is 6.54 Å². The minimum Gasteiger partial charge on any atom is -0.346 e. The highest BCUT2D eigenvalue weighted by atomic mass is 35.5. The predicted octanol–water partition coefficient (Wildman–Crippen LogP) is 4.52. The molecule has 2 heterocycles. The fraction of sp³-hybridized carbons (Fsp3) is 0.0455. The number of aromatic nitrogens is 3. The van der Waals surface area contributed by atoms with Crippen LogP contribution >= 0.6 is 11.6 Å². The van der Waals surface area contributed by atoms with E-state index < -0.39 is 0 Å². The molecule has 4 aromatic rings. The third-order valence-corrected chi connectivity index (χ3v) is 4.62. The van der Waals surface area contributed by atoms with Crippen LogP contribution in [0.15, 0.2) is 85.2 Å². The summed E-state index contributed by atoms with van der Waals surface area (Å²) in [6, 6.07) is 22.7. The van der Waals surface area contributed by atoms with Crippen molar-refractivity contribution in [1.82, 2.24) is 20.1 Å². The number of carbonyl (C=O) groups is 1. The zero-order valence-corrected chi connectivity index (χ0v) is 15.7. The number of pyridine rings is 1. The lowest BCUT2D eigenvalue weighted by molar-refractivity contribution is 0.0951. The molecule has 0 saturated carbocycles. The number of nitrogens with one attached hydrogen (secondary N) is 1. The molecule has 0 spiro atoms. The molecule has 28 heavy (non-hydrogen) atoms. The zero-order chi connectivity index (χ0) is 19.3. The number of rotatable bonds is 5. The molecule has 0 aliphatic heterocycles. The summed E-state index contributed by atoms with van der Waals surface area (Å²) in [7, 11) is 0. The van der Waals surface area contributed by atoms with Crippen LogP contribution < -0.4 is 5.32 Å². The smallest absolute Gasteiger partial charge is 0.255 e. The number of amides is 1. The van der Waals surface area contributed by atoms with Crippen molar-refractivity contribution in [3.63, 3.8) is 0 Å². The van der Waals surface area contributed by atoms with E-state index in [0.717, 1.165) is 11.3 Å². The van der Waals surface area contributed by atoms with Crippen molar-refractivity contribution < 1.29 is 4.79 Å². The number of hydrogen-bond acceptors (Lipinski definition) is 3. The van der Waals surface area contributed by atoms with Gasteiger partial charge < -0.3 is 5.32 Å². The van der Waals surface area contributed by atoms with E-state index in [9.17, 15) is 4.79 Å². The highest BCUT2D eigenvalue weighted by molar-refractivity contribution is 6.32. The highest BCUT2D eigenvalue weighted by Gasteiger charge is 2.20. The maximum atomic E-state index is 12.9. The summed E-state index contributed by atoms with van der Waals surface area (Å²) < 4.78 is 1.70. The minimum absolute atomic E-state index is 0.220. The number of nitrogens with zero attached hydrogens (tertiary/aromatic N) is 3. The number of carbonyl (C=O) groups excluding carboxylic acids is 1. The summed E-state index contributed by atoms with van der Waals surface area (Å²) in [5.74, 6) is -0.220. The van der Waals surface area contributed by atoms with Crippen LogP contribution in [0.25, 0.3) is 16.9 Å². The fourth-order valence-electron chi connectivity index (χ4n) is 2.96. The summed E-state index contributed by atoms with van der Waals surface area (Å²) >= 11 is 6.38. The normalized spacial score (nSPS) is 10.6. The van der Waals surface area contributed by atoms with Gasteiger partial charge in [0.1, 0.15) is 0 Å². The maximum Gasteiger partial charge on any atom is 0.255 e. The Hall–Kier alpha value is -3.44. The first-order valence-corrected chi connectivity index (χ1v) is 9.18. The van der Waals surface area contributed by atoms with E-state index >= 15 is 0 Å². The molecule has 0 atom stereocenters. The minimum atomic E-state index is -0.220. The van der Waals surface area contributed by atoms with Crippen LogP contribution in [0.1, 0.15) is 16.1 Å². The van der Waals surface area contributed by atoms with Gasteiger partial charge in [0.05, 0.1) is 40.4 Å². The topological polar surface area (TPSA) is 59.8 Å². The van der Waals surface area contributed by atoms with E-state index in [4.69, 9.17) is 11.6 Å². The first-order chi connectivity index (χ1) is 13.7.